The summed E-state index contributed by atoms with van der Waals surface area (Å²) in [7, 11) is 1.39. The Morgan fingerprint density at radius 1 is 1.25 bits per heavy atom. The van der Waals surface area contributed by atoms with Crippen molar-refractivity contribution in [2.24, 2.45) is 0 Å². The second kappa shape index (κ2) is 6.90. The van der Waals surface area contributed by atoms with Crippen molar-refractivity contribution >= 4 is 33.5 Å². The number of hydrogen-bond donors (Lipinski definition) is 0. The Bertz CT molecular complexity index is 614. The maximum absolute atomic E-state index is 13.5. The van der Waals surface area contributed by atoms with Gasteiger partial charge in [0.2, 0.25) is 0 Å². The Labute approximate surface area is 129 Å². The topological polar surface area (TPSA) is 26.3 Å². The minimum Gasteiger partial charge on any atom is -0.494 e. The van der Waals surface area contributed by atoms with Crippen LogP contribution in [0.25, 0.3) is 0 Å². The molecule has 0 bridgehead atoms. The lowest BCUT2D eigenvalue weighted by molar-refractivity contribution is 0.102. The largest absolute Gasteiger partial charge is 0.494 e. The quantitative estimate of drug-likeness (QED) is 0.581. The minimum absolute atomic E-state index is 0.112. The molecule has 0 atom stereocenters. The molecule has 0 unspecified atom stereocenters. The van der Waals surface area contributed by atoms with Gasteiger partial charge < -0.3 is 4.74 Å². The highest BCUT2D eigenvalue weighted by Crippen LogP contribution is 2.23. The van der Waals surface area contributed by atoms with Gasteiger partial charge in [-0.25, -0.2) is 4.39 Å². The van der Waals surface area contributed by atoms with Gasteiger partial charge in [0.05, 0.1) is 12.9 Å². The second-order valence-electron chi connectivity index (χ2n) is 4.02. The minimum atomic E-state index is -0.521. The number of thioether (sulfide) groups is 1. The second-order valence-corrected chi connectivity index (χ2v) is 5.98. The van der Waals surface area contributed by atoms with Crippen LogP contribution in [0.5, 0.6) is 5.75 Å². The molecular weight excluding hydrogens is 343 g/mol. The average Bonchev–Trinajstić information content (AvgIpc) is 2.46. The van der Waals surface area contributed by atoms with Gasteiger partial charge >= 0.3 is 0 Å². The molecule has 0 fully saturated rings. The van der Waals surface area contributed by atoms with Crippen molar-refractivity contribution in [3.05, 3.63) is 58.3 Å². The van der Waals surface area contributed by atoms with Crippen molar-refractivity contribution in [3.63, 3.8) is 0 Å². The van der Waals surface area contributed by atoms with E-state index in [4.69, 9.17) is 4.74 Å². The predicted octanol–water partition coefficient (Wildman–Crippen LogP) is 4.57. The Balaban J connectivity index is 2.01. The number of methoxy groups -OCH3 is 1. The summed E-state index contributed by atoms with van der Waals surface area (Å²) in [5.41, 5.74) is 0.355. The van der Waals surface area contributed by atoms with Crippen molar-refractivity contribution in [1.82, 2.24) is 0 Å². The lowest BCUT2D eigenvalue weighted by Crippen LogP contribution is -2.03. The van der Waals surface area contributed by atoms with Crippen LogP contribution in [-0.4, -0.2) is 18.6 Å². The molecule has 0 aliphatic rings. The molecule has 0 saturated carbocycles. The zero-order valence-corrected chi connectivity index (χ0v) is 13.1. The summed E-state index contributed by atoms with van der Waals surface area (Å²) in [4.78, 5) is 13.0. The van der Waals surface area contributed by atoms with Crippen LogP contribution in [0.4, 0.5) is 4.39 Å². The number of hydrogen-bond acceptors (Lipinski definition) is 3. The maximum atomic E-state index is 13.5. The summed E-state index contributed by atoms with van der Waals surface area (Å²) < 4.78 is 19.3. The van der Waals surface area contributed by atoms with Crippen LogP contribution >= 0.6 is 27.7 Å². The molecule has 0 radical (unpaired) electrons. The molecule has 2 aromatic rings. The highest BCUT2D eigenvalue weighted by Gasteiger charge is 2.10. The Morgan fingerprint density at radius 2 is 1.95 bits per heavy atom. The molecule has 0 N–H and O–H groups in total. The van der Waals surface area contributed by atoms with Crippen LogP contribution < -0.4 is 4.74 Å². The Kier molecular flexibility index (Phi) is 5.20. The highest BCUT2D eigenvalue weighted by molar-refractivity contribution is 9.10. The van der Waals surface area contributed by atoms with Crippen LogP contribution in [0, 0.1) is 5.82 Å². The number of halogens is 2. The molecule has 0 aliphatic heterocycles. The van der Waals surface area contributed by atoms with Crippen molar-refractivity contribution < 1.29 is 13.9 Å². The van der Waals surface area contributed by atoms with Gasteiger partial charge in [0.25, 0.3) is 0 Å². The molecule has 0 aromatic heterocycles. The number of ketones is 1. The van der Waals surface area contributed by atoms with Gasteiger partial charge in [0, 0.05) is 14.9 Å². The Hall–Kier alpha value is -1.33. The fraction of sp³-hybridized carbons (Fsp3) is 0.133. The molecule has 0 aliphatic carbocycles. The number of benzene rings is 2. The van der Waals surface area contributed by atoms with Crippen LogP contribution in [0.2, 0.25) is 0 Å². The molecule has 2 aromatic carbocycles. The lowest BCUT2D eigenvalue weighted by atomic mass is 10.1. The first-order valence-corrected chi connectivity index (χ1v) is 7.63. The number of carbonyl (C=O) groups excluding carboxylic acids is 1. The van der Waals surface area contributed by atoms with Crippen molar-refractivity contribution in [2.75, 3.05) is 12.9 Å². The van der Waals surface area contributed by atoms with Crippen molar-refractivity contribution in [2.45, 2.75) is 4.90 Å². The van der Waals surface area contributed by atoms with Crippen LogP contribution in [-0.2, 0) is 0 Å². The van der Waals surface area contributed by atoms with E-state index < -0.39 is 5.82 Å². The number of rotatable bonds is 5. The van der Waals surface area contributed by atoms with Gasteiger partial charge in [-0.2, -0.15) is 0 Å². The average molecular weight is 355 g/mol. The zero-order chi connectivity index (χ0) is 14.5. The summed E-state index contributed by atoms with van der Waals surface area (Å²) >= 11 is 4.78. The molecule has 20 heavy (non-hydrogen) atoms. The maximum Gasteiger partial charge on any atom is 0.173 e. The third-order valence-electron chi connectivity index (χ3n) is 2.66. The molecule has 5 heteroatoms. The normalized spacial score (nSPS) is 10.3. The van der Waals surface area contributed by atoms with E-state index in [9.17, 15) is 9.18 Å². The third kappa shape index (κ3) is 3.84. The van der Waals surface area contributed by atoms with Crippen LogP contribution in [0.3, 0.4) is 0 Å². The number of ether oxygens (including phenoxy) is 1. The van der Waals surface area contributed by atoms with Gasteiger partial charge in [-0.1, -0.05) is 15.9 Å². The van der Waals surface area contributed by atoms with Crippen LogP contribution in [0.15, 0.2) is 51.8 Å². The fourth-order valence-corrected chi connectivity index (χ4v) is 2.66. The molecule has 104 valence electrons. The first-order valence-electron chi connectivity index (χ1n) is 5.85. The number of carbonyl (C=O) groups is 1. The van der Waals surface area contributed by atoms with E-state index in [0.29, 0.717) is 5.56 Å². The molecule has 2 rings (SSSR count). The van der Waals surface area contributed by atoms with Gasteiger partial charge in [-0.3, -0.25) is 4.79 Å². The van der Waals surface area contributed by atoms with E-state index in [0.717, 1.165) is 9.37 Å². The van der Waals surface area contributed by atoms with Gasteiger partial charge in [-0.15, -0.1) is 11.8 Å². The molecular formula is C15H12BrFO2S. The molecule has 0 amide bonds. The monoisotopic (exact) mass is 354 g/mol. The first kappa shape index (κ1) is 15.1. The SMILES string of the molecule is COc1ccc(C(=O)CSc2ccc(Br)cc2)cc1F. The number of Topliss-reactive ketones (excluding diaryl/α,β-unsaturated/α-hetero) is 1. The van der Waals surface area contributed by atoms with Gasteiger partial charge in [-0.05, 0) is 42.5 Å². The third-order valence-corrected chi connectivity index (χ3v) is 4.20. The van der Waals surface area contributed by atoms with E-state index in [1.165, 1.54) is 31.0 Å². The van der Waals surface area contributed by atoms with Gasteiger partial charge in [0.1, 0.15) is 0 Å². The fourth-order valence-electron chi connectivity index (χ4n) is 1.60. The molecule has 0 heterocycles. The van der Waals surface area contributed by atoms with Gasteiger partial charge in [0.15, 0.2) is 17.3 Å². The Morgan fingerprint density at radius 3 is 2.55 bits per heavy atom. The van der Waals surface area contributed by atoms with E-state index in [2.05, 4.69) is 15.9 Å². The van der Waals surface area contributed by atoms with Crippen LogP contribution in [0.1, 0.15) is 10.4 Å². The van der Waals surface area contributed by atoms with E-state index >= 15 is 0 Å². The zero-order valence-electron chi connectivity index (χ0n) is 10.7. The molecule has 0 spiro atoms. The smallest absolute Gasteiger partial charge is 0.173 e. The van der Waals surface area contributed by atoms with Crippen molar-refractivity contribution in [1.29, 1.82) is 0 Å². The van der Waals surface area contributed by atoms with E-state index in [-0.39, 0.29) is 17.3 Å². The predicted molar refractivity (Wildman–Crippen MR) is 82.1 cm³/mol. The summed E-state index contributed by atoms with van der Waals surface area (Å²) in [6.07, 6.45) is 0. The molecule has 0 saturated heterocycles. The summed E-state index contributed by atoms with van der Waals surface area (Å²) in [6.45, 7) is 0. The molecule has 2 nitrogen and oxygen atoms in total. The lowest BCUT2D eigenvalue weighted by Gasteiger charge is -2.05. The van der Waals surface area contributed by atoms with Crippen molar-refractivity contribution in [3.8, 4) is 5.75 Å². The highest BCUT2D eigenvalue weighted by atomic mass is 79.9. The first-order chi connectivity index (χ1) is 9.60. The van der Waals surface area contributed by atoms with E-state index in [1.54, 1.807) is 6.07 Å². The van der Waals surface area contributed by atoms with E-state index in [1.807, 2.05) is 24.3 Å². The summed E-state index contributed by atoms with van der Waals surface area (Å²) in [6, 6.07) is 11.9. The summed E-state index contributed by atoms with van der Waals surface area (Å²) in [5.74, 6) is -0.221. The summed E-state index contributed by atoms with van der Waals surface area (Å²) in [5, 5.41) is 0. The standard InChI is InChI=1S/C15H12BrFO2S/c1-19-15-7-2-10(8-13(15)17)14(18)9-20-12-5-3-11(16)4-6-12/h2-8H,9H2,1H3.